The van der Waals surface area contributed by atoms with Crippen molar-refractivity contribution in [2.24, 2.45) is 5.73 Å². The van der Waals surface area contributed by atoms with Gasteiger partial charge in [0, 0.05) is 19.1 Å². The first-order chi connectivity index (χ1) is 7.75. The zero-order chi connectivity index (χ0) is 11.4. The van der Waals surface area contributed by atoms with Crippen LogP contribution in [0.5, 0.6) is 5.75 Å². The van der Waals surface area contributed by atoms with Crippen LogP contribution in [0.1, 0.15) is 6.42 Å². The fourth-order valence-electron chi connectivity index (χ4n) is 1.91. The molecule has 1 heterocycles. The molecule has 88 valence electrons. The number of nitrogens with zero attached hydrogens (tertiary/aromatic N) is 1. The van der Waals surface area contributed by atoms with Crippen LogP contribution in [0.4, 0.5) is 4.39 Å². The van der Waals surface area contributed by atoms with E-state index in [2.05, 4.69) is 4.90 Å². The lowest BCUT2D eigenvalue weighted by molar-refractivity contribution is 0.230. The van der Waals surface area contributed by atoms with E-state index in [9.17, 15) is 4.39 Å². The van der Waals surface area contributed by atoms with Crippen LogP contribution in [0.2, 0.25) is 0 Å². The second kappa shape index (κ2) is 5.27. The number of para-hydroxylation sites is 1. The molecule has 1 aromatic rings. The Bertz CT molecular complexity index is 346. The average Bonchev–Trinajstić information content (AvgIpc) is 2.67. The van der Waals surface area contributed by atoms with Gasteiger partial charge in [0.25, 0.3) is 0 Å². The van der Waals surface area contributed by atoms with Crippen molar-refractivity contribution >= 4 is 0 Å². The largest absolute Gasteiger partial charge is 0.489 e. The SMILES string of the molecule is NC1CCN(CCOc2ccccc2F)C1. The summed E-state index contributed by atoms with van der Waals surface area (Å²) in [4.78, 5) is 2.24. The van der Waals surface area contributed by atoms with Gasteiger partial charge in [-0.15, -0.1) is 0 Å². The minimum atomic E-state index is -0.305. The topological polar surface area (TPSA) is 38.5 Å². The Kier molecular flexibility index (Phi) is 3.74. The first kappa shape index (κ1) is 11.4. The van der Waals surface area contributed by atoms with Gasteiger partial charge in [-0.25, -0.2) is 4.39 Å². The van der Waals surface area contributed by atoms with E-state index in [1.807, 2.05) is 0 Å². The summed E-state index contributed by atoms with van der Waals surface area (Å²) in [5.41, 5.74) is 5.79. The highest BCUT2D eigenvalue weighted by molar-refractivity contribution is 5.23. The molecule has 1 atom stereocenters. The van der Waals surface area contributed by atoms with E-state index in [4.69, 9.17) is 10.5 Å². The molecule has 0 bridgehead atoms. The molecular weight excluding hydrogens is 207 g/mol. The molecule has 1 aromatic carbocycles. The molecule has 0 saturated carbocycles. The minimum Gasteiger partial charge on any atom is -0.489 e. The fraction of sp³-hybridized carbons (Fsp3) is 0.500. The van der Waals surface area contributed by atoms with Gasteiger partial charge in [-0.1, -0.05) is 12.1 Å². The third kappa shape index (κ3) is 2.93. The van der Waals surface area contributed by atoms with E-state index in [0.29, 0.717) is 12.4 Å². The van der Waals surface area contributed by atoms with Crippen LogP contribution in [0, 0.1) is 5.82 Å². The number of hydrogen-bond acceptors (Lipinski definition) is 3. The van der Waals surface area contributed by atoms with Crippen molar-refractivity contribution in [1.29, 1.82) is 0 Å². The highest BCUT2D eigenvalue weighted by Crippen LogP contribution is 2.15. The molecule has 0 radical (unpaired) electrons. The first-order valence-corrected chi connectivity index (χ1v) is 5.61. The highest BCUT2D eigenvalue weighted by atomic mass is 19.1. The van der Waals surface area contributed by atoms with Crippen LogP contribution < -0.4 is 10.5 Å². The summed E-state index contributed by atoms with van der Waals surface area (Å²) < 4.78 is 18.6. The molecule has 3 nitrogen and oxygen atoms in total. The Labute approximate surface area is 95.0 Å². The molecule has 1 aliphatic heterocycles. The first-order valence-electron chi connectivity index (χ1n) is 5.61. The fourth-order valence-corrected chi connectivity index (χ4v) is 1.91. The van der Waals surface area contributed by atoms with Crippen LogP contribution in [-0.2, 0) is 0 Å². The highest BCUT2D eigenvalue weighted by Gasteiger charge is 2.18. The van der Waals surface area contributed by atoms with Crippen molar-refractivity contribution in [2.75, 3.05) is 26.2 Å². The van der Waals surface area contributed by atoms with Crippen LogP contribution in [0.25, 0.3) is 0 Å². The molecule has 0 aromatic heterocycles. The van der Waals surface area contributed by atoms with Crippen molar-refractivity contribution in [3.05, 3.63) is 30.1 Å². The maximum atomic E-state index is 13.2. The lowest BCUT2D eigenvalue weighted by Gasteiger charge is -2.15. The van der Waals surface area contributed by atoms with Crippen LogP contribution in [0.3, 0.4) is 0 Å². The molecule has 1 unspecified atom stereocenters. The minimum absolute atomic E-state index is 0.286. The van der Waals surface area contributed by atoms with E-state index in [1.54, 1.807) is 18.2 Å². The Morgan fingerprint density at radius 3 is 2.94 bits per heavy atom. The number of rotatable bonds is 4. The Hall–Kier alpha value is -1.13. The Balaban J connectivity index is 1.74. The molecule has 1 fully saturated rings. The van der Waals surface area contributed by atoms with Crippen molar-refractivity contribution in [3.63, 3.8) is 0 Å². The van der Waals surface area contributed by atoms with Crippen LogP contribution in [-0.4, -0.2) is 37.2 Å². The Morgan fingerprint density at radius 1 is 1.44 bits per heavy atom. The zero-order valence-electron chi connectivity index (χ0n) is 9.23. The normalized spacial score (nSPS) is 21.2. The maximum absolute atomic E-state index is 13.2. The second-order valence-corrected chi connectivity index (χ2v) is 4.13. The summed E-state index contributed by atoms with van der Waals surface area (Å²) in [6.07, 6.45) is 1.04. The van der Waals surface area contributed by atoms with Crippen LogP contribution >= 0.6 is 0 Å². The lowest BCUT2D eigenvalue weighted by atomic mass is 10.3. The monoisotopic (exact) mass is 224 g/mol. The van der Waals surface area contributed by atoms with Crippen molar-refractivity contribution < 1.29 is 9.13 Å². The predicted molar refractivity (Wildman–Crippen MR) is 60.9 cm³/mol. The van der Waals surface area contributed by atoms with E-state index < -0.39 is 0 Å². The number of halogens is 1. The Morgan fingerprint density at radius 2 is 2.25 bits per heavy atom. The molecule has 4 heteroatoms. The van der Waals surface area contributed by atoms with Gasteiger partial charge in [0.1, 0.15) is 6.61 Å². The van der Waals surface area contributed by atoms with E-state index >= 15 is 0 Å². The molecular formula is C12H17FN2O. The lowest BCUT2D eigenvalue weighted by Crippen LogP contribution is -2.29. The van der Waals surface area contributed by atoms with E-state index in [-0.39, 0.29) is 11.9 Å². The van der Waals surface area contributed by atoms with E-state index in [0.717, 1.165) is 26.1 Å². The molecule has 0 spiro atoms. The van der Waals surface area contributed by atoms with Gasteiger partial charge in [-0.2, -0.15) is 0 Å². The van der Waals surface area contributed by atoms with Gasteiger partial charge < -0.3 is 10.5 Å². The quantitative estimate of drug-likeness (QED) is 0.836. The molecule has 1 saturated heterocycles. The number of hydrogen-bond donors (Lipinski definition) is 1. The summed E-state index contributed by atoms with van der Waals surface area (Å²) in [7, 11) is 0. The number of nitrogens with two attached hydrogens (primary N) is 1. The van der Waals surface area contributed by atoms with Gasteiger partial charge in [0.2, 0.25) is 0 Å². The standard InChI is InChI=1S/C12H17FN2O/c13-11-3-1-2-4-12(11)16-8-7-15-6-5-10(14)9-15/h1-4,10H,5-9,14H2. The third-order valence-corrected chi connectivity index (χ3v) is 2.81. The van der Waals surface area contributed by atoms with E-state index in [1.165, 1.54) is 6.07 Å². The molecule has 0 aliphatic carbocycles. The summed E-state index contributed by atoms with van der Waals surface area (Å²) in [6, 6.07) is 6.76. The van der Waals surface area contributed by atoms with Gasteiger partial charge in [-0.05, 0) is 25.1 Å². The maximum Gasteiger partial charge on any atom is 0.165 e. The number of ether oxygens (including phenoxy) is 1. The molecule has 16 heavy (non-hydrogen) atoms. The van der Waals surface area contributed by atoms with Crippen molar-refractivity contribution in [1.82, 2.24) is 4.90 Å². The van der Waals surface area contributed by atoms with Gasteiger partial charge in [0.05, 0.1) is 0 Å². The number of likely N-dealkylation sites (tertiary alicyclic amines) is 1. The molecule has 0 amide bonds. The number of benzene rings is 1. The van der Waals surface area contributed by atoms with Crippen LogP contribution in [0.15, 0.2) is 24.3 Å². The average molecular weight is 224 g/mol. The summed E-state index contributed by atoms with van der Waals surface area (Å²) in [5.74, 6) is 0.0200. The second-order valence-electron chi connectivity index (χ2n) is 4.13. The summed E-state index contributed by atoms with van der Waals surface area (Å²) in [5, 5.41) is 0. The van der Waals surface area contributed by atoms with Gasteiger partial charge >= 0.3 is 0 Å². The zero-order valence-corrected chi connectivity index (χ0v) is 9.23. The predicted octanol–water partition coefficient (Wildman–Crippen LogP) is 1.24. The van der Waals surface area contributed by atoms with Crippen molar-refractivity contribution in [2.45, 2.75) is 12.5 Å². The van der Waals surface area contributed by atoms with Crippen molar-refractivity contribution in [3.8, 4) is 5.75 Å². The summed E-state index contributed by atoms with van der Waals surface area (Å²) in [6.45, 7) is 3.25. The van der Waals surface area contributed by atoms with Gasteiger partial charge in [-0.3, -0.25) is 4.90 Å². The summed E-state index contributed by atoms with van der Waals surface area (Å²) >= 11 is 0. The van der Waals surface area contributed by atoms with Gasteiger partial charge in [0.15, 0.2) is 11.6 Å². The third-order valence-electron chi connectivity index (χ3n) is 2.81. The molecule has 1 aliphatic rings. The molecule has 2 rings (SSSR count). The molecule has 2 N–H and O–H groups in total. The smallest absolute Gasteiger partial charge is 0.165 e.